The van der Waals surface area contributed by atoms with Gasteiger partial charge in [0.25, 0.3) is 0 Å². The summed E-state index contributed by atoms with van der Waals surface area (Å²) in [5.41, 5.74) is 13.9. The quantitative estimate of drug-likeness (QED) is 0.198. The van der Waals surface area contributed by atoms with Crippen molar-refractivity contribution in [2.45, 2.75) is 16.7 Å². The van der Waals surface area contributed by atoms with Crippen LogP contribution in [0.3, 0.4) is 0 Å². The van der Waals surface area contributed by atoms with Crippen LogP contribution in [-0.2, 0) is 0 Å². The third-order valence-electron chi connectivity index (χ3n) is 8.94. The maximum Gasteiger partial charge on any atom is 0.135 e. The molecule has 0 saturated carbocycles. The lowest BCUT2D eigenvalue weighted by Gasteiger charge is -2.33. The molecule has 0 aliphatic carbocycles. The molecule has 0 saturated heterocycles. The highest BCUT2D eigenvalue weighted by molar-refractivity contribution is 7.99. The van der Waals surface area contributed by atoms with Crippen LogP contribution in [0.5, 0.6) is 0 Å². The van der Waals surface area contributed by atoms with E-state index >= 15 is 0 Å². The number of benzene rings is 7. The van der Waals surface area contributed by atoms with Crippen molar-refractivity contribution in [3.63, 3.8) is 0 Å². The summed E-state index contributed by atoms with van der Waals surface area (Å²) in [6.45, 7) is 2.17. The molecule has 8 aromatic rings. The predicted molar refractivity (Wildman–Crippen MR) is 194 cm³/mol. The number of para-hydroxylation sites is 1. The Morgan fingerprint density at radius 3 is 1.76 bits per heavy atom. The molecule has 0 unspecified atom stereocenters. The van der Waals surface area contributed by atoms with Crippen molar-refractivity contribution in [2.24, 2.45) is 0 Å². The molecule has 0 N–H and O–H groups in total. The van der Waals surface area contributed by atoms with Crippen LogP contribution in [0.2, 0.25) is 0 Å². The maximum atomic E-state index is 6.04. The first-order valence-electron chi connectivity index (χ1n) is 15.6. The highest BCUT2D eigenvalue weighted by Gasteiger charge is 2.25. The van der Waals surface area contributed by atoms with Crippen LogP contribution in [0.15, 0.2) is 172 Å². The third kappa shape index (κ3) is 4.60. The molecule has 2 heterocycles. The van der Waals surface area contributed by atoms with E-state index in [1.165, 1.54) is 60.1 Å². The number of hydrogen-bond acceptors (Lipinski definition) is 3. The molecule has 1 aromatic heterocycles. The van der Waals surface area contributed by atoms with E-state index in [-0.39, 0.29) is 0 Å². The summed E-state index contributed by atoms with van der Waals surface area (Å²) in [6.07, 6.45) is 0. The standard InChI is InChI=1S/C43H29NOS/c1-28-11-22-38-42(25-28)46-43-27-34(29-7-3-2-4-8-29)18-23-39(43)44(38)35-20-16-31(17-21-35)30-12-14-32(15-13-30)33-19-24-41-37(26-33)36-9-5-6-10-40(36)45-41/h2-27H,1H3. The molecule has 0 atom stereocenters. The fourth-order valence-corrected chi connectivity index (χ4v) is 7.76. The lowest BCUT2D eigenvalue weighted by Crippen LogP contribution is -2.15. The second-order valence-corrected chi connectivity index (χ2v) is 13.0. The molecule has 0 radical (unpaired) electrons. The second kappa shape index (κ2) is 10.8. The number of nitrogens with zero attached hydrogens (tertiary/aromatic N) is 1. The minimum atomic E-state index is 0.922. The first kappa shape index (κ1) is 26.9. The monoisotopic (exact) mass is 607 g/mol. The second-order valence-electron chi connectivity index (χ2n) is 11.9. The predicted octanol–water partition coefficient (Wildman–Crippen LogP) is 12.8. The van der Waals surface area contributed by atoms with Crippen molar-refractivity contribution in [2.75, 3.05) is 4.90 Å². The van der Waals surface area contributed by atoms with Gasteiger partial charge >= 0.3 is 0 Å². The summed E-state index contributed by atoms with van der Waals surface area (Å²) in [6, 6.07) is 56.8. The highest BCUT2D eigenvalue weighted by Crippen LogP contribution is 2.52. The van der Waals surface area contributed by atoms with Gasteiger partial charge in [-0.15, -0.1) is 0 Å². The zero-order chi connectivity index (χ0) is 30.6. The fourth-order valence-electron chi connectivity index (χ4n) is 6.57. The molecule has 1 aliphatic rings. The molecule has 0 fully saturated rings. The smallest absolute Gasteiger partial charge is 0.135 e. The Labute approximate surface area is 272 Å². The van der Waals surface area contributed by atoms with Gasteiger partial charge in [0.05, 0.1) is 11.4 Å². The lowest BCUT2D eigenvalue weighted by molar-refractivity contribution is 0.669. The molecule has 2 nitrogen and oxygen atoms in total. The van der Waals surface area contributed by atoms with Crippen molar-refractivity contribution in [3.05, 3.63) is 163 Å². The average molecular weight is 608 g/mol. The average Bonchev–Trinajstić information content (AvgIpc) is 3.49. The van der Waals surface area contributed by atoms with Gasteiger partial charge in [0, 0.05) is 26.3 Å². The van der Waals surface area contributed by atoms with E-state index in [9.17, 15) is 0 Å². The molecule has 1 aliphatic heterocycles. The molecule has 0 bridgehead atoms. The van der Waals surface area contributed by atoms with Gasteiger partial charge in [-0.2, -0.15) is 0 Å². The molecule has 7 aromatic carbocycles. The number of anilines is 3. The molecule has 218 valence electrons. The van der Waals surface area contributed by atoms with E-state index in [0.29, 0.717) is 0 Å². The van der Waals surface area contributed by atoms with Gasteiger partial charge in [-0.05, 0) is 100 Å². The molecular weight excluding hydrogens is 579 g/mol. The summed E-state index contributed by atoms with van der Waals surface area (Å²) in [7, 11) is 0. The van der Waals surface area contributed by atoms with E-state index in [0.717, 1.165) is 27.6 Å². The Balaban J connectivity index is 1.04. The van der Waals surface area contributed by atoms with Crippen molar-refractivity contribution in [1.82, 2.24) is 0 Å². The lowest BCUT2D eigenvalue weighted by atomic mass is 9.99. The maximum absolute atomic E-state index is 6.04. The summed E-state index contributed by atoms with van der Waals surface area (Å²) in [5.74, 6) is 0. The number of aryl methyl sites for hydroxylation is 1. The zero-order valence-electron chi connectivity index (χ0n) is 25.3. The Morgan fingerprint density at radius 2 is 0.978 bits per heavy atom. The van der Waals surface area contributed by atoms with Gasteiger partial charge in [0.2, 0.25) is 0 Å². The number of hydrogen-bond donors (Lipinski definition) is 0. The summed E-state index contributed by atoms with van der Waals surface area (Å²) in [5, 5.41) is 2.30. The van der Waals surface area contributed by atoms with E-state index < -0.39 is 0 Å². The minimum Gasteiger partial charge on any atom is -0.456 e. The Kier molecular flexibility index (Phi) is 6.32. The van der Waals surface area contributed by atoms with Gasteiger partial charge in [-0.1, -0.05) is 115 Å². The molecule has 46 heavy (non-hydrogen) atoms. The van der Waals surface area contributed by atoms with Gasteiger partial charge in [0.1, 0.15) is 11.2 Å². The van der Waals surface area contributed by atoms with Crippen LogP contribution in [0, 0.1) is 6.92 Å². The number of fused-ring (bicyclic) bond motifs is 5. The van der Waals surface area contributed by atoms with E-state index in [2.05, 4.69) is 157 Å². The first-order chi connectivity index (χ1) is 22.7. The van der Waals surface area contributed by atoms with Gasteiger partial charge in [0.15, 0.2) is 0 Å². The summed E-state index contributed by atoms with van der Waals surface area (Å²) < 4.78 is 6.04. The Morgan fingerprint density at radius 1 is 0.435 bits per heavy atom. The van der Waals surface area contributed by atoms with Crippen LogP contribution in [0.25, 0.3) is 55.3 Å². The van der Waals surface area contributed by atoms with Crippen LogP contribution in [0.1, 0.15) is 5.56 Å². The Hall–Kier alpha value is -5.51. The van der Waals surface area contributed by atoms with E-state index in [1.54, 1.807) is 0 Å². The highest BCUT2D eigenvalue weighted by atomic mass is 32.2. The third-order valence-corrected chi connectivity index (χ3v) is 10.0. The number of furan rings is 1. The molecule has 0 spiro atoms. The van der Waals surface area contributed by atoms with Crippen molar-refractivity contribution >= 4 is 50.8 Å². The molecule has 9 rings (SSSR count). The van der Waals surface area contributed by atoms with Crippen molar-refractivity contribution in [1.29, 1.82) is 0 Å². The normalized spacial score (nSPS) is 12.3. The number of rotatable bonds is 4. The van der Waals surface area contributed by atoms with Gasteiger partial charge in [-0.3, -0.25) is 0 Å². The molecule has 0 amide bonds. The van der Waals surface area contributed by atoms with Crippen LogP contribution in [0.4, 0.5) is 17.1 Å². The fraction of sp³-hybridized carbons (Fsp3) is 0.0233. The summed E-state index contributed by atoms with van der Waals surface area (Å²) in [4.78, 5) is 4.94. The van der Waals surface area contributed by atoms with Crippen LogP contribution in [-0.4, -0.2) is 0 Å². The SMILES string of the molecule is Cc1ccc2c(c1)Sc1cc(-c3ccccc3)ccc1N2c1ccc(-c2ccc(-c3ccc4oc5ccccc5c4c3)cc2)cc1. The van der Waals surface area contributed by atoms with Crippen molar-refractivity contribution < 1.29 is 4.42 Å². The van der Waals surface area contributed by atoms with E-state index in [1.807, 2.05) is 23.9 Å². The van der Waals surface area contributed by atoms with Gasteiger partial charge < -0.3 is 9.32 Å². The molecule has 3 heteroatoms. The minimum absolute atomic E-state index is 0.922. The summed E-state index contributed by atoms with van der Waals surface area (Å²) >= 11 is 1.86. The topological polar surface area (TPSA) is 16.4 Å². The van der Waals surface area contributed by atoms with E-state index in [4.69, 9.17) is 4.42 Å². The Bertz CT molecular complexity index is 2390. The first-order valence-corrected chi connectivity index (χ1v) is 16.4. The van der Waals surface area contributed by atoms with Crippen LogP contribution >= 0.6 is 11.8 Å². The van der Waals surface area contributed by atoms with Gasteiger partial charge in [-0.25, -0.2) is 0 Å². The molecular formula is C43H29NOS. The largest absolute Gasteiger partial charge is 0.456 e. The zero-order valence-corrected chi connectivity index (χ0v) is 26.1. The van der Waals surface area contributed by atoms with Crippen LogP contribution < -0.4 is 4.90 Å². The van der Waals surface area contributed by atoms with Crippen molar-refractivity contribution in [3.8, 4) is 33.4 Å².